The fourth-order valence-corrected chi connectivity index (χ4v) is 3.98. The van der Waals surface area contributed by atoms with Gasteiger partial charge in [0, 0.05) is 31.5 Å². The number of nitrogens with zero attached hydrogens (tertiary/aromatic N) is 1. The summed E-state index contributed by atoms with van der Waals surface area (Å²) in [6, 6.07) is 9.77. The number of alkyl halides is 3. The normalized spacial score (nSPS) is 33.9. The van der Waals surface area contributed by atoms with Gasteiger partial charge in [-0.15, -0.1) is 0 Å². The monoisotopic (exact) mass is 299 g/mol. The number of hydrogen-bond donors (Lipinski definition) is 1. The van der Waals surface area contributed by atoms with Crippen LogP contribution >= 0.6 is 0 Å². The van der Waals surface area contributed by atoms with Crippen molar-refractivity contribution in [1.29, 1.82) is 0 Å². The molecule has 0 spiro atoms. The van der Waals surface area contributed by atoms with Gasteiger partial charge in [-0.2, -0.15) is 13.2 Å². The zero-order chi connectivity index (χ0) is 15.1. The first kappa shape index (κ1) is 14.9. The quantitative estimate of drug-likeness (QED) is 0.906. The first-order valence-electron chi connectivity index (χ1n) is 7.46. The van der Waals surface area contributed by atoms with Gasteiger partial charge in [-0.1, -0.05) is 36.8 Å². The number of halogens is 3. The second-order valence-electron chi connectivity index (χ2n) is 6.33. The van der Waals surface area contributed by atoms with E-state index >= 15 is 0 Å². The van der Waals surface area contributed by atoms with Crippen LogP contribution in [0.1, 0.15) is 24.8 Å². The van der Waals surface area contributed by atoms with Gasteiger partial charge < -0.3 is 5.11 Å². The summed E-state index contributed by atoms with van der Waals surface area (Å²) in [5.74, 6) is -1.40. The van der Waals surface area contributed by atoms with E-state index in [-0.39, 0.29) is 0 Å². The molecule has 0 radical (unpaired) electrons. The Labute approximate surface area is 122 Å². The molecular formula is C16H20F3NO. The lowest BCUT2D eigenvalue weighted by Gasteiger charge is -2.53. The summed E-state index contributed by atoms with van der Waals surface area (Å²) in [6.45, 7) is 1.30. The van der Waals surface area contributed by atoms with Crippen molar-refractivity contribution in [3.63, 3.8) is 0 Å². The van der Waals surface area contributed by atoms with E-state index in [0.29, 0.717) is 32.5 Å². The Hall–Kier alpha value is -1.07. The number of fused-ring (bicyclic) bond motifs is 2. The Morgan fingerprint density at radius 2 is 1.67 bits per heavy atom. The summed E-state index contributed by atoms with van der Waals surface area (Å²) in [6.07, 6.45) is -2.83. The van der Waals surface area contributed by atoms with E-state index in [4.69, 9.17) is 0 Å². The van der Waals surface area contributed by atoms with Gasteiger partial charge in [-0.25, -0.2) is 0 Å². The SMILES string of the molecule is OC1(C(F)(F)F)[C@@H]2CCC[C@H]1CN(Cc1ccccc1)C2. The molecule has 2 nitrogen and oxygen atoms in total. The van der Waals surface area contributed by atoms with Gasteiger partial charge in [0.25, 0.3) is 0 Å². The molecule has 1 aliphatic heterocycles. The van der Waals surface area contributed by atoms with Crippen molar-refractivity contribution in [1.82, 2.24) is 4.90 Å². The maximum Gasteiger partial charge on any atom is 0.417 e. The molecule has 2 bridgehead atoms. The number of benzene rings is 1. The summed E-state index contributed by atoms with van der Waals surface area (Å²) in [7, 11) is 0. The van der Waals surface area contributed by atoms with Crippen molar-refractivity contribution < 1.29 is 18.3 Å². The van der Waals surface area contributed by atoms with Crippen molar-refractivity contribution in [3.8, 4) is 0 Å². The Morgan fingerprint density at radius 3 is 2.19 bits per heavy atom. The fourth-order valence-electron chi connectivity index (χ4n) is 3.98. The highest BCUT2D eigenvalue weighted by Gasteiger charge is 2.65. The molecule has 1 aromatic rings. The number of rotatable bonds is 2. The van der Waals surface area contributed by atoms with Crippen LogP contribution in [0.3, 0.4) is 0 Å². The van der Waals surface area contributed by atoms with Crippen LogP contribution < -0.4 is 0 Å². The highest BCUT2D eigenvalue weighted by molar-refractivity contribution is 5.15. The van der Waals surface area contributed by atoms with Gasteiger partial charge in [0.1, 0.15) is 0 Å². The molecule has 1 N–H and O–H groups in total. The average molecular weight is 299 g/mol. The van der Waals surface area contributed by atoms with Crippen LogP contribution in [0, 0.1) is 11.8 Å². The Morgan fingerprint density at radius 1 is 1.10 bits per heavy atom. The van der Waals surface area contributed by atoms with E-state index in [9.17, 15) is 18.3 Å². The van der Waals surface area contributed by atoms with Crippen LogP contribution in [0.25, 0.3) is 0 Å². The lowest BCUT2D eigenvalue weighted by atomic mass is 9.65. The highest BCUT2D eigenvalue weighted by atomic mass is 19.4. The maximum atomic E-state index is 13.3. The largest absolute Gasteiger partial charge is 0.417 e. The third-order valence-corrected chi connectivity index (χ3v) is 5.01. The van der Waals surface area contributed by atoms with E-state index in [1.54, 1.807) is 0 Å². The Balaban J connectivity index is 1.78. The van der Waals surface area contributed by atoms with Crippen LogP contribution in [0.4, 0.5) is 13.2 Å². The predicted molar refractivity (Wildman–Crippen MR) is 73.6 cm³/mol. The van der Waals surface area contributed by atoms with Crippen LogP contribution in [0.2, 0.25) is 0 Å². The van der Waals surface area contributed by atoms with Crippen LogP contribution in [0.15, 0.2) is 30.3 Å². The molecule has 0 amide bonds. The van der Waals surface area contributed by atoms with Crippen LogP contribution in [-0.2, 0) is 6.54 Å². The molecule has 0 aromatic heterocycles. The molecule has 1 aliphatic carbocycles. The van der Waals surface area contributed by atoms with Gasteiger partial charge in [-0.05, 0) is 18.4 Å². The van der Waals surface area contributed by atoms with Crippen LogP contribution in [0.5, 0.6) is 0 Å². The predicted octanol–water partition coefficient (Wildman–Crippen LogP) is 3.21. The zero-order valence-corrected chi connectivity index (χ0v) is 11.8. The standard InChI is InChI=1S/C16H20F3NO/c17-16(18,19)15(21)13-7-4-8-14(15)11-20(10-13)9-12-5-2-1-3-6-12/h1-3,5-6,13-14,21H,4,7-11H2/t13-,14+,15?. The maximum absolute atomic E-state index is 13.3. The molecule has 1 heterocycles. The van der Waals surface area contributed by atoms with Crippen molar-refractivity contribution >= 4 is 0 Å². The average Bonchev–Trinajstić information content (AvgIpc) is 2.40. The topological polar surface area (TPSA) is 23.5 Å². The number of piperidine rings is 1. The minimum absolute atomic E-state index is 0.321. The molecule has 1 aromatic carbocycles. The van der Waals surface area contributed by atoms with E-state index in [0.717, 1.165) is 12.0 Å². The summed E-state index contributed by atoms with van der Waals surface area (Å²) < 4.78 is 40.0. The Bertz CT molecular complexity index is 474. The van der Waals surface area contributed by atoms with E-state index < -0.39 is 23.6 Å². The molecule has 116 valence electrons. The molecule has 1 saturated carbocycles. The second-order valence-corrected chi connectivity index (χ2v) is 6.33. The molecule has 5 heteroatoms. The van der Waals surface area contributed by atoms with Gasteiger partial charge in [0.15, 0.2) is 5.60 Å². The molecule has 3 atom stereocenters. The lowest BCUT2D eigenvalue weighted by Crippen LogP contribution is -2.66. The summed E-state index contributed by atoms with van der Waals surface area (Å²) >= 11 is 0. The van der Waals surface area contributed by atoms with Gasteiger partial charge in [-0.3, -0.25) is 4.90 Å². The lowest BCUT2D eigenvalue weighted by molar-refractivity contribution is -0.320. The minimum Gasteiger partial charge on any atom is -0.380 e. The second kappa shape index (κ2) is 5.29. The molecular weight excluding hydrogens is 279 g/mol. The van der Waals surface area contributed by atoms with Gasteiger partial charge in [0.2, 0.25) is 0 Å². The van der Waals surface area contributed by atoms with Crippen molar-refractivity contribution in [2.24, 2.45) is 11.8 Å². The van der Waals surface area contributed by atoms with Crippen molar-refractivity contribution in [2.75, 3.05) is 13.1 Å². The van der Waals surface area contributed by atoms with E-state index in [2.05, 4.69) is 4.90 Å². The highest BCUT2D eigenvalue weighted by Crippen LogP contribution is 2.51. The molecule has 2 aliphatic rings. The van der Waals surface area contributed by atoms with Crippen molar-refractivity contribution in [3.05, 3.63) is 35.9 Å². The van der Waals surface area contributed by atoms with Gasteiger partial charge >= 0.3 is 6.18 Å². The molecule has 21 heavy (non-hydrogen) atoms. The van der Waals surface area contributed by atoms with E-state index in [1.807, 2.05) is 30.3 Å². The zero-order valence-electron chi connectivity index (χ0n) is 11.8. The summed E-state index contributed by atoms with van der Waals surface area (Å²) in [5.41, 5.74) is -1.38. The van der Waals surface area contributed by atoms with Crippen LogP contribution in [-0.4, -0.2) is 34.9 Å². The summed E-state index contributed by atoms with van der Waals surface area (Å²) in [5, 5.41) is 10.3. The number of likely N-dealkylation sites (tertiary alicyclic amines) is 1. The molecule has 1 saturated heterocycles. The fraction of sp³-hybridized carbons (Fsp3) is 0.625. The Kier molecular flexibility index (Phi) is 3.74. The minimum atomic E-state index is -4.53. The molecule has 3 rings (SSSR count). The van der Waals surface area contributed by atoms with E-state index in [1.165, 1.54) is 0 Å². The number of aliphatic hydroxyl groups is 1. The first-order chi connectivity index (χ1) is 9.91. The smallest absolute Gasteiger partial charge is 0.380 e. The molecule has 1 unspecified atom stereocenters. The number of hydrogen-bond acceptors (Lipinski definition) is 2. The molecule has 2 fully saturated rings. The third-order valence-electron chi connectivity index (χ3n) is 5.01. The summed E-state index contributed by atoms with van der Waals surface area (Å²) in [4.78, 5) is 2.06. The first-order valence-corrected chi connectivity index (χ1v) is 7.46. The van der Waals surface area contributed by atoms with Gasteiger partial charge in [0.05, 0.1) is 0 Å². The van der Waals surface area contributed by atoms with Crippen molar-refractivity contribution in [2.45, 2.75) is 37.6 Å². The third kappa shape index (κ3) is 2.57.